The molecule has 1 saturated heterocycles. The van der Waals surface area contributed by atoms with Crippen molar-refractivity contribution in [1.82, 2.24) is 5.32 Å². The van der Waals surface area contributed by atoms with Gasteiger partial charge in [0.05, 0.1) is 18.8 Å². The summed E-state index contributed by atoms with van der Waals surface area (Å²) in [6, 6.07) is 19.2. The molecule has 110 valence electrons. The molecule has 2 aromatic rings. The van der Waals surface area contributed by atoms with Crippen LogP contribution < -0.4 is 5.32 Å². The van der Waals surface area contributed by atoms with E-state index in [1.807, 2.05) is 6.07 Å². The number of piperidine rings is 1. The first-order chi connectivity index (χ1) is 10.3. The van der Waals surface area contributed by atoms with Gasteiger partial charge in [-0.3, -0.25) is 0 Å². The molecule has 1 fully saturated rings. The van der Waals surface area contributed by atoms with Gasteiger partial charge in [-0.05, 0) is 42.6 Å². The smallest absolute Gasteiger partial charge is 0.0774 e. The SMILES string of the molecule is Brc1cccc(COC2CCCNC2c2ccccc2)c1. The van der Waals surface area contributed by atoms with E-state index in [2.05, 4.69) is 69.8 Å². The van der Waals surface area contributed by atoms with Crippen molar-refractivity contribution in [3.63, 3.8) is 0 Å². The van der Waals surface area contributed by atoms with E-state index in [0.717, 1.165) is 17.4 Å². The second kappa shape index (κ2) is 7.21. The van der Waals surface area contributed by atoms with E-state index in [9.17, 15) is 0 Å². The van der Waals surface area contributed by atoms with Gasteiger partial charge >= 0.3 is 0 Å². The van der Waals surface area contributed by atoms with Crippen molar-refractivity contribution in [2.45, 2.75) is 31.6 Å². The normalized spacial score (nSPS) is 22.1. The molecule has 3 heteroatoms. The molecular weight excluding hydrogens is 326 g/mol. The van der Waals surface area contributed by atoms with Crippen molar-refractivity contribution in [2.75, 3.05) is 6.54 Å². The van der Waals surface area contributed by atoms with Gasteiger partial charge in [0.15, 0.2) is 0 Å². The van der Waals surface area contributed by atoms with E-state index >= 15 is 0 Å². The Labute approximate surface area is 134 Å². The molecule has 1 aliphatic heterocycles. The lowest BCUT2D eigenvalue weighted by Crippen LogP contribution is -2.39. The largest absolute Gasteiger partial charge is 0.372 e. The Morgan fingerprint density at radius 2 is 1.95 bits per heavy atom. The molecule has 0 spiro atoms. The summed E-state index contributed by atoms with van der Waals surface area (Å²) in [5.41, 5.74) is 2.53. The van der Waals surface area contributed by atoms with Crippen molar-refractivity contribution in [3.05, 3.63) is 70.2 Å². The lowest BCUT2D eigenvalue weighted by atomic mass is 9.94. The maximum Gasteiger partial charge on any atom is 0.0774 e. The number of hydrogen-bond donors (Lipinski definition) is 1. The zero-order valence-electron chi connectivity index (χ0n) is 12.0. The summed E-state index contributed by atoms with van der Waals surface area (Å²) in [6.45, 7) is 1.73. The minimum absolute atomic E-state index is 0.236. The van der Waals surface area contributed by atoms with Gasteiger partial charge in [0, 0.05) is 4.47 Å². The quantitative estimate of drug-likeness (QED) is 0.883. The van der Waals surface area contributed by atoms with Crippen LogP contribution in [0.5, 0.6) is 0 Å². The molecule has 3 rings (SSSR count). The molecule has 1 N–H and O–H groups in total. The third-order valence-electron chi connectivity index (χ3n) is 3.91. The molecule has 2 unspecified atom stereocenters. The van der Waals surface area contributed by atoms with Crippen molar-refractivity contribution in [2.24, 2.45) is 0 Å². The molecule has 1 heterocycles. The first-order valence-electron chi connectivity index (χ1n) is 7.47. The molecule has 0 aliphatic carbocycles. The second-order valence-corrected chi connectivity index (χ2v) is 6.38. The van der Waals surface area contributed by atoms with Crippen LogP contribution in [0, 0.1) is 0 Å². The molecule has 1 aliphatic rings. The molecule has 2 atom stereocenters. The molecule has 0 bridgehead atoms. The number of hydrogen-bond acceptors (Lipinski definition) is 2. The summed E-state index contributed by atoms with van der Waals surface area (Å²) in [5.74, 6) is 0. The van der Waals surface area contributed by atoms with Gasteiger partial charge < -0.3 is 10.1 Å². The fourth-order valence-electron chi connectivity index (χ4n) is 2.86. The minimum atomic E-state index is 0.236. The Balaban J connectivity index is 1.67. The number of halogens is 1. The van der Waals surface area contributed by atoms with E-state index < -0.39 is 0 Å². The predicted molar refractivity (Wildman–Crippen MR) is 89.1 cm³/mol. The zero-order chi connectivity index (χ0) is 14.5. The van der Waals surface area contributed by atoms with Gasteiger partial charge in [0.1, 0.15) is 0 Å². The molecule has 2 nitrogen and oxygen atoms in total. The fourth-order valence-corrected chi connectivity index (χ4v) is 3.31. The summed E-state index contributed by atoms with van der Waals surface area (Å²) < 4.78 is 7.31. The van der Waals surface area contributed by atoms with E-state index in [1.165, 1.54) is 17.5 Å². The monoisotopic (exact) mass is 345 g/mol. The van der Waals surface area contributed by atoms with Gasteiger partial charge in [0.25, 0.3) is 0 Å². The number of rotatable bonds is 4. The van der Waals surface area contributed by atoms with Crippen LogP contribution in [0.2, 0.25) is 0 Å². The van der Waals surface area contributed by atoms with E-state index in [1.54, 1.807) is 0 Å². The highest BCUT2D eigenvalue weighted by Crippen LogP contribution is 2.27. The molecule has 2 aromatic carbocycles. The summed E-state index contributed by atoms with van der Waals surface area (Å²) in [7, 11) is 0. The average molecular weight is 346 g/mol. The lowest BCUT2D eigenvalue weighted by molar-refractivity contribution is -0.00358. The van der Waals surface area contributed by atoms with Crippen molar-refractivity contribution in [1.29, 1.82) is 0 Å². The standard InChI is InChI=1S/C18H20BrNO/c19-16-9-4-6-14(12-16)13-21-17-10-5-11-20-18(17)15-7-2-1-3-8-15/h1-4,6-9,12,17-18,20H,5,10-11,13H2. The molecule has 0 radical (unpaired) electrons. The Bertz CT molecular complexity index is 572. The van der Waals surface area contributed by atoms with Crippen molar-refractivity contribution < 1.29 is 4.74 Å². The maximum atomic E-state index is 6.21. The number of ether oxygens (including phenoxy) is 1. The highest BCUT2D eigenvalue weighted by atomic mass is 79.9. The molecule has 0 aromatic heterocycles. The highest BCUT2D eigenvalue weighted by molar-refractivity contribution is 9.10. The van der Waals surface area contributed by atoms with Crippen molar-refractivity contribution >= 4 is 15.9 Å². The lowest BCUT2D eigenvalue weighted by Gasteiger charge is -2.33. The van der Waals surface area contributed by atoms with Crippen molar-refractivity contribution in [3.8, 4) is 0 Å². The summed E-state index contributed by atoms with van der Waals surface area (Å²) in [5, 5.41) is 3.60. The third-order valence-corrected chi connectivity index (χ3v) is 4.41. The van der Waals surface area contributed by atoms with Crippen LogP contribution in [0.4, 0.5) is 0 Å². The van der Waals surface area contributed by atoms with Gasteiger partial charge in [-0.2, -0.15) is 0 Å². The van der Waals surface area contributed by atoms with Crippen LogP contribution in [-0.2, 0) is 11.3 Å². The van der Waals surface area contributed by atoms with Crippen LogP contribution in [0.3, 0.4) is 0 Å². The van der Waals surface area contributed by atoms with Crippen LogP contribution in [0.1, 0.15) is 30.0 Å². The minimum Gasteiger partial charge on any atom is -0.372 e. The Morgan fingerprint density at radius 1 is 1.10 bits per heavy atom. The average Bonchev–Trinajstić information content (AvgIpc) is 2.54. The molecule has 21 heavy (non-hydrogen) atoms. The van der Waals surface area contributed by atoms with Crippen LogP contribution in [0.15, 0.2) is 59.1 Å². The fraction of sp³-hybridized carbons (Fsp3) is 0.333. The predicted octanol–water partition coefficient (Wildman–Crippen LogP) is 4.46. The van der Waals surface area contributed by atoms with E-state index in [-0.39, 0.29) is 6.10 Å². The summed E-state index contributed by atoms with van der Waals surface area (Å²) >= 11 is 3.51. The van der Waals surface area contributed by atoms with E-state index in [4.69, 9.17) is 4.74 Å². The third kappa shape index (κ3) is 3.94. The first-order valence-corrected chi connectivity index (χ1v) is 8.26. The molecule has 0 saturated carbocycles. The van der Waals surface area contributed by atoms with E-state index in [0.29, 0.717) is 12.6 Å². The van der Waals surface area contributed by atoms with Crippen LogP contribution >= 0.6 is 15.9 Å². The molecule has 0 amide bonds. The Morgan fingerprint density at radius 3 is 2.76 bits per heavy atom. The maximum absolute atomic E-state index is 6.21. The zero-order valence-corrected chi connectivity index (χ0v) is 13.6. The second-order valence-electron chi connectivity index (χ2n) is 5.46. The number of benzene rings is 2. The summed E-state index contributed by atoms with van der Waals surface area (Å²) in [4.78, 5) is 0. The Hall–Kier alpha value is -1.16. The first kappa shape index (κ1) is 14.8. The van der Waals surface area contributed by atoms with Gasteiger partial charge in [-0.25, -0.2) is 0 Å². The van der Waals surface area contributed by atoms with Gasteiger partial charge in [-0.15, -0.1) is 0 Å². The molecular formula is C18H20BrNO. The summed E-state index contributed by atoms with van der Waals surface area (Å²) in [6.07, 6.45) is 2.52. The van der Waals surface area contributed by atoms with Crippen LogP contribution in [-0.4, -0.2) is 12.6 Å². The highest BCUT2D eigenvalue weighted by Gasteiger charge is 2.26. The topological polar surface area (TPSA) is 21.3 Å². The van der Waals surface area contributed by atoms with Gasteiger partial charge in [-0.1, -0.05) is 58.4 Å². The van der Waals surface area contributed by atoms with Gasteiger partial charge in [0.2, 0.25) is 0 Å². The Kier molecular flexibility index (Phi) is 5.07. The number of nitrogens with one attached hydrogen (secondary N) is 1. The van der Waals surface area contributed by atoms with Crippen LogP contribution in [0.25, 0.3) is 0 Å².